The molecule has 0 amide bonds. The van der Waals surface area contributed by atoms with Gasteiger partial charge in [-0.15, -0.1) is 0 Å². The highest BCUT2D eigenvalue weighted by Gasteiger charge is 2.37. The number of rotatable bonds is 5. The summed E-state index contributed by atoms with van der Waals surface area (Å²) < 4.78 is 16.6. The van der Waals surface area contributed by atoms with Gasteiger partial charge in [0.1, 0.15) is 25.6 Å². The van der Waals surface area contributed by atoms with Gasteiger partial charge in [-0.05, 0) is 30.7 Å². The Morgan fingerprint density at radius 1 is 1.28 bits per heavy atom. The van der Waals surface area contributed by atoms with Gasteiger partial charge in [-0.1, -0.05) is 6.07 Å². The average Bonchev–Trinajstić information content (AvgIpc) is 3.54. The highest BCUT2D eigenvalue weighted by Crippen LogP contribution is 2.31. The lowest BCUT2D eigenvalue weighted by molar-refractivity contribution is -0.138. The van der Waals surface area contributed by atoms with Crippen LogP contribution in [0, 0.1) is 0 Å². The summed E-state index contributed by atoms with van der Waals surface area (Å²) >= 11 is 1.11. The highest BCUT2D eigenvalue weighted by atomic mass is 32.1. The fourth-order valence-electron chi connectivity index (χ4n) is 3.48. The lowest BCUT2D eigenvalue weighted by atomic mass is 10.1. The zero-order valence-corrected chi connectivity index (χ0v) is 18.0. The number of nitrogens with two attached hydrogens (primary N) is 1. The third-order valence-corrected chi connectivity index (χ3v) is 5.73. The molecule has 0 bridgehead atoms. The number of ether oxygens (including phenoxy) is 2. The highest BCUT2D eigenvalue weighted by molar-refractivity contribution is 7.09. The number of fused-ring (bicyclic) bond motifs is 1. The van der Waals surface area contributed by atoms with Gasteiger partial charge in [-0.2, -0.15) is 9.36 Å². The summed E-state index contributed by atoms with van der Waals surface area (Å²) in [6.07, 6.45) is 5.33. The quantitative estimate of drug-likeness (QED) is 0.497. The maximum absolute atomic E-state index is 11.2. The molecule has 3 aromatic rings. The molecule has 2 atom stereocenters. The van der Waals surface area contributed by atoms with Gasteiger partial charge >= 0.3 is 5.97 Å². The zero-order chi connectivity index (χ0) is 22.5. The van der Waals surface area contributed by atoms with Crippen LogP contribution in [0.15, 0.2) is 36.9 Å². The Hall–Kier alpha value is -3.22. The van der Waals surface area contributed by atoms with Crippen molar-refractivity contribution in [3.63, 3.8) is 0 Å². The normalized spacial score (nSPS) is 19.4. The van der Waals surface area contributed by atoms with E-state index in [0.29, 0.717) is 30.8 Å². The number of carbonyl (C=O) groups is 1. The predicted molar refractivity (Wildman–Crippen MR) is 117 cm³/mol. The Labute approximate surface area is 188 Å². The third kappa shape index (κ3) is 4.98. The van der Waals surface area contributed by atoms with E-state index in [9.17, 15) is 9.90 Å². The van der Waals surface area contributed by atoms with E-state index >= 15 is 0 Å². The number of hydrogen-bond donors (Lipinski definition) is 3. The number of imidazole rings is 1. The maximum atomic E-state index is 11.2. The molecule has 0 aliphatic carbocycles. The molecule has 1 saturated heterocycles. The predicted octanol–water partition coefficient (Wildman–Crippen LogP) is 0.707. The summed E-state index contributed by atoms with van der Waals surface area (Å²) in [6, 6.07) is 5.22. The molecule has 1 aromatic carbocycles. The van der Waals surface area contributed by atoms with Crippen molar-refractivity contribution in [2.24, 2.45) is 5.73 Å². The van der Waals surface area contributed by atoms with E-state index in [1.165, 1.54) is 5.56 Å². The zero-order valence-electron chi connectivity index (χ0n) is 17.2. The molecule has 2 aromatic heterocycles. The lowest BCUT2D eigenvalue weighted by Gasteiger charge is -2.18. The molecule has 0 radical (unpaired) electrons. The molecule has 0 unspecified atom stereocenters. The summed E-state index contributed by atoms with van der Waals surface area (Å²) in [7, 11) is 0. The van der Waals surface area contributed by atoms with Crippen molar-refractivity contribution < 1.29 is 24.5 Å². The Morgan fingerprint density at radius 2 is 2.09 bits per heavy atom. The average molecular weight is 461 g/mol. The Morgan fingerprint density at radius 3 is 2.81 bits per heavy atom. The van der Waals surface area contributed by atoms with Crippen molar-refractivity contribution in [3.8, 4) is 17.4 Å². The molecule has 170 valence electrons. The number of aromatic nitrogens is 4. The van der Waals surface area contributed by atoms with E-state index in [0.717, 1.165) is 29.5 Å². The third-order valence-electron chi connectivity index (χ3n) is 4.99. The standard InChI is InChI=1S/C10H11N5O3S.C10H13NO2/c16-6-3-7(8(17)18)15(4-6)10-12-9(13-19-10)14-2-1-11-5-14;11-4-3-8-1-2-9-10(7-8)13-6-5-12-9/h1-2,5-7,16H,3-4H2,(H,17,18);1-2,7H,3-6,11H2/t6-,7+;/m0./s1. The topological polar surface area (TPSA) is 149 Å². The first-order chi connectivity index (χ1) is 15.5. The van der Waals surface area contributed by atoms with Gasteiger partial charge in [0.15, 0.2) is 11.5 Å². The van der Waals surface area contributed by atoms with E-state index in [4.69, 9.17) is 20.3 Å². The lowest BCUT2D eigenvalue weighted by Crippen LogP contribution is -2.35. The van der Waals surface area contributed by atoms with E-state index in [2.05, 4.69) is 14.3 Å². The smallest absolute Gasteiger partial charge is 0.326 e. The first kappa shape index (κ1) is 22.0. The van der Waals surface area contributed by atoms with E-state index in [1.54, 1.807) is 28.2 Å². The van der Waals surface area contributed by atoms with Crippen LogP contribution >= 0.6 is 11.5 Å². The number of aliphatic hydroxyl groups is 1. The van der Waals surface area contributed by atoms with Gasteiger partial charge in [-0.3, -0.25) is 4.57 Å². The minimum Gasteiger partial charge on any atom is -0.486 e. The molecule has 5 rings (SSSR count). The molecular formula is C20H24N6O5S. The van der Waals surface area contributed by atoms with Gasteiger partial charge in [0.05, 0.1) is 6.10 Å². The molecule has 2 aliphatic rings. The van der Waals surface area contributed by atoms with Crippen molar-refractivity contribution >= 4 is 22.6 Å². The molecule has 4 heterocycles. The molecule has 2 aliphatic heterocycles. The molecule has 4 N–H and O–H groups in total. The summed E-state index contributed by atoms with van der Waals surface area (Å²) in [4.78, 5) is 20.9. The summed E-state index contributed by atoms with van der Waals surface area (Å²) in [6.45, 7) is 2.21. The van der Waals surface area contributed by atoms with Crippen molar-refractivity contribution in [2.45, 2.75) is 25.0 Å². The van der Waals surface area contributed by atoms with Crippen molar-refractivity contribution in [1.82, 2.24) is 18.9 Å². The Bertz CT molecular complexity index is 1040. The molecule has 32 heavy (non-hydrogen) atoms. The van der Waals surface area contributed by atoms with E-state index in [-0.39, 0.29) is 13.0 Å². The molecule has 0 saturated carbocycles. The number of β-amino-alcohol motifs (C(OH)–C–C–N with tert-alkyl or cyclic N) is 1. The first-order valence-electron chi connectivity index (χ1n) is 10.1. The second kappa shape index (κ2) is 9.94. The second-order valence-corrected chi connectivity index (χ2v) is 7.99. The fourth-order valence-corrected chi connectivity index (χ4v) is 4.20. The van der Waals surface area contributed by atoms with Crippen molar-refractivity contribution in [3.05, 3.63) is 42.5 Å². The molecular weight excluding hydrogens is 436 g/mol. The summed E-state index contributed by atoms with van der Waals surface area (Å²) in [5, 5.41) is 19.2. The Balaban J connectivity index is 0.000000165. The van der Waals surface area contributed by atoms with Crippen molar-refractivity contribution in [1.29, 1.82) is 0 Å². The van der Waals surface area contributed by atoms with Crippen LogP contribution in [-0.2, 0) is 11.2 Å². The monoisotopic (exact) mass is 460 g/mol. The van der Waals surface area contributed by atoms with Gasteiger partial charge in [0.2, 0.25) is 11.1 Å². The minimum absolute atomic E-state index is 0.204. The number of hydrogen-bond acceptors (Lipinski definition) is 10. The van der Waals surface area contributed by atoms with Gasteiger partial charge in [0, 0.05) is 36.9 Å². The summed E-state index contributed by atoms with van der Waals surface area (Å²) in [5.41, 5.74) is 6.67. The number of aliphatic carboxylic acids is 1. The van der Waals surface area contributed by atoms with E-state index < -0.39 is 18.1 Å². The van der Waals surface area contributed by atoms with Gasteiger partial charge in [-0.25, -0.2) is 9.78 Å². The first-order valence-corrected chi connectivity index (χ1v) is 10.9. The fraction of sp³-hybridized carbons (Fsp3) is 0.400. The number of anilines is 1. The number of carboxylic acid groups (broad SMARTS) is 1. The molecule has 0 spiro atoms. The van der Waals surface area contributed by atoms with E-state index in [1.807, 2.05) is 18.2 Å². The molecule has 11 nitrogen and oxygen atoms in total. The van der Waals surface area contributed by atoms with Crippen LogP contribution in [0.2, 0.25) is 0 Å². The largest absolute Gasteiger partial charge is 0.486 e. The minimum atomic E-state index is -0.962. The van der Waals surface area contributed by atoms with Gasteiger partial charge < -0.3 is 30.3 Å². The van der Waals surface area contributed by atoms with Crippen LogP contribution in [-0.4, -0.2) is 73.5 Å². The van der Waals surface area contributed by atoms with Crippen LogP contribution < -0.4 is 20.1 Å². The van der Waals surface area contributed by atoms with Crippen LogP contribution in [0.1, 0.15) is 12.0 Å². The maximum Gasteiger partial charge on any atom is 0.326 e. The number of nitrogens with zero attached hydrogens (tertiary/aromatic N) is 5. The number of benzene rings is 1. The Kier molecular flexibility index (Phi) is 6.83. The SMILES string of the molecule is NCCc1ccc2c(c1)OCCO2.O=C(O)[C@H]1C[C@H](O)CN1c1nc(-n2ccnc2)ns1. The second-order valence-electron chi connectivity index (χ2n) is 7.26. The van der Waals surface area contributed by atoms with Crippen LogP contribution in [0.3, 0.4) is 0 Å². The molecule has 12 heteroatoms. The number of aliphatic hydroxyl groups excluding tert-OH is 1. The van der Waals surface area contributed by atoms with Gasteiger partial charge in [0.25, 0.3) is 0 Å². The summed E-state index contributed by atoms with van der Waals surface area (Å²) in [5.74, 6) is 1.17. The van der Waals surface area contributed by atoms with Crippen LogP contribution in [0.4, 0.5) is 5.13 Å². The molecule has 1 fully saturated rings. The number of carboxylic acids is 1. The van der Waals surface area contributed by atoms with Crippen LogP contribution in [0.5, 0.6) is 11.5 Å². The van der Waals surface area contributed by atoms with Crippen molar-refractivity contribution in [2.75, 3.05) is 31.2 Å². The van der Waals surface area contributed by atoms with Crippen LogP contribution in [0.25, 0.3) is 5.95 Å².